The van der Waals surface area contributed by atoms with Gasteiger partial charge in [0.15, 0.2) is 0 Å². The minimum Gasteiger partial charge on any atom is -0.348 e. The number of imidazole rings is 1. The number of hydrogen-bond acceptors (Lipinski definition) is 3. The van der Waals surface area contributed by atoms with Crippen molar-refractivity contribution in [2.75, 3.05) is 6.54 Å². The summed E-state index contributed by atoms with van der Waals surface area (Å²) in [6, 6.07) is 20.1. The van der Waals surface area contributed by atoms with Crippen molar-refractivity contribution < 1.29 is 4.79 Å². The number of aromatic nitrogens is 2. The molecule has 0 bridgehead atoms. The Morgan fingerprint density at radius 2 is 1.59 bits per heavy atom. The summed E-state index contributed by atoms with van der Waals surface area (Å²) in [6.45, 7) is 6.10. The molecule has 0 aliphatic heterocycles. The Kier molecular flexibility index (Phi) is 7.59. The molecule has 1 atom stereocenters. The molecule has 0 saturated heterocycles. The molecule has 3 rings (SSSR count). The molecule has 1 heterocycles. The summed E-state index contributed by atoms with van der Waals surface area (Å²) >= 11 is 0. The van der Waals surface area contributed by atoms with E-state index in [0.29, 0.717) is 13.1 Å². The molecule has 0 aliphatic carbocycles. The minimum absolute atomic E-state index is 0.136. The van der Waals surface area contributed by atoms with Crippen LogP contribution in [0.3, 0.4) is 0 Å². The van der Waals surface area contributed by atoms with Crippen LogP contribution in [-0.2, 0) is 24.3 Å². The van der Waals surface area contributed by atoms with Crippen LogP contribution >= 0.6 is 0 Å². The average molecular weight is 391 g/mol. The maximum atomic E-state index is 13.5. The maximum absolute atomic E-state index is 13.5. The van der Waals surface area contributed by atoms with Crippen LogP contribution in [0.1, 0.15) is 30.7 Å². The van der Waals surface area contributed by atoms with Gasteiger partial charge < -0.3 is 15.2 Å². The van der Waals surface area contributed by atoms with Crippen molar-refractivity contribution in [1.29, 1.82) is 0 Å². The molecule has 1 amide bonds. The normalized spacial score (nSPS) is 12.1. The van der Waals surface area contributed by atoms with Crippen LogP contribution in [0.15, 0.2) is 73.2 Å². The summed E-state index contributed by atoms with van der Waals surface area (Å²) in [5.41, 5.74) is 3.34. The lowest BCUT2D eigenvalue weighted by Gasteiger charge is -2.30. The summed E-state index contributed by atoms with van der Waals surface area (Å²) in [5.74, 6) is 0.329. The zero-order chi connectivity index (χ0) is 20.5. The number of carbonyl (C=O) groups is 1. The number of aromatic amines is 1. The number of nitrogens with one attached hydrogen (secondary N) is 2. The van der Waals surface area contributed by atoms with Gasteiger partial charge in [0, 0.05) is 37.9 Å². The van der Waals surface area contributed by atoms with E-state index in [1.54, 1.807) is 6.33 Å². The lowest BCUT2D eigenvalue weighted by atomic mass is 10.0. The molecular weight excluding hydrogens is 360 g/mol. The van der Waals surface area contributed by atoms with Crippen LogP contribution < -0.4 is 5.32 Å². The van der Waals surface area contributed by atoms with E-state index in [4.69, 9.17) is 0 Å². The molecule has 0 radical (unpaired) electrons. The highest BCUT2D eigenvalue weighted by atomic mass is 16.2. The molecular formula is C24H30N4O. The molecule has 2 N–H and O–H groups in total. The third-order valence-corrected chi connectivity index (χ3v) is 4.99. The number of H-pyrrole nitrogens is 1. The Hall–Kier alpha value is -2.92. The van der Waals surface area contributed by atoms with Crippen LogP contribution in [0.2, 0.25) is 0 Å². The van der Waals surface area contributed by atoms with Gasteiger partial charge in [-0.25, -0.2) is 4.98 Å². The van der Waals surface area contributed by atoms with E-state index in [9.17, 15) is 4.79 Å². The van der Waals surface area contributed by atoms with Gasteiger partial charge in [-0.1, -0.05) is 74.5 Å². The molecule has 5 heteroatoms. The predicted molar refractivity (Wildman–Crippen MR) is 116 cm³/mol. The third kappa shape index (κ3) is 6.29. The molecule has 0 aliphatic rings. The van der Waals surface area contributed by atoms with Crippen molar-refractivity contribution in [3.8, 4) is 0 Å². The molecule has 5 nitrogen and oxygen atoms in total. The molecule has 152 valence electrons. The molecule has 0 saturated carbocycles. The summed E-state index contributed by atoms with van der Waals surface area (Å²) in [4.78, 5) is 22.7. The molecule has 29 heavy (non-hydrogen) atoms. The van der Waals surface area contributed by atoms with Crippen molar-refractivity contribution in [3.05, 3.63) is 90.0 Å². The Morgan fingerprint density at radius 1 is 1.00 bits per heavy atom. The van der Waals surface area contributed by atoms with Crippen molar-refractivity contribution >= 4 is 5.91 Å². The number of amides is 1. The highest BCUT2D eigenvalue weighted by Crippen LogP contribution is 2.15. The molecule has 1 unspecified atom stereocenters. The Balaban J connectivity index is 1.72. The second kappa shape index (κ2) is 10.6. The second-order valence-corrected chi connectivity index (χ2v) is 7.67. The SMILES string of the molecule is CC(C)C(NCCc1cnc[nH]1)C(=O)N(Cc1ccccc1)Cc1ccccc1. The zero-order valence-corrected chi connectivity index (χ0v) is 17.2. The average Bonchev–Trinajstić information content (AvgIpc) is 3.25. The Labute approximate surface area is 173 Å². The first-order valence-electron chi connectivity index (χ1n) is 10.2. The van der Waals surface area contributed by atoms with Gasteiger partial charge in [0.1, 0.15) is 0 Å². The first-order chi connectivity index (χ1) is 14.1. The highest BCUT2D eigenvalue weighted by molar-refractivity contribution is 5.82. The number of benzene rings is 2. The largest absolute Gasteiger partial charge is 0.348 e. The van der Waals surface area contributed by atoms with E-state index in [-0.39, 0.29) is 17.9 Å². The van der Waals surface area contributed by atoms with Gasteiger partial charge in [0.05, 0.1) is 12.4 Å². The fraction of sp³-hybridized carbons (Fsp3) is 0.333. The lowest BCUT2D eigenvalue weighted by molar-refractivity contribution is -0.135. The number of nitrogens with zero attached hydrogens (tertiary/aromatic N) is 2. The van der Waals surface area contributed by atoms with Crippen molar-refractivity contribution in [2.45, 2.75) is 39.4 Å². The van der Waals surface area contributed by atoms with Crippen molar-refractivity contribution in [3.63, 3.8) is 0 Å². The number of hydrogen-bond donors (Lipinski definition) is 2. The van der Waals surface area contributed by atoms with Gasteiger partial charge in [-0.2, -0.15) is 0 Å². The van der Waals surface area contributed by atoms with Gasteiger partial charge in [-0.15, -0.1) is 0 Å². The maximum Gasteiger partial charge on any atom is 0.240 e. The van der Waals surface area contributed by atoms with Crippen molar-refractivity contribution in [1.82, 2.24) is 20.2 Å². The Bertz CT molecular complexity index is 806. The number of carbonyl (C=O) groups excluding carboxylic acids is 1. The van der Waals surface area contributed by atoms with E-state index >= 15 is 0 Å². The fourth-order valence-electron chi connectivity index (χ4n) is 3.41. The van der Waals surface area contributed by atoms with Gasteiger partial charge in [-0.3, -0.25) is 4.79 Å². The topological polar surface area (TPSA) is 61.0 Å². The van der Waals surface area contributed by atoms with E-state index in [1.165, 1.54) is 0 Å². The smallest absolute Gasteiger partial charge is 0.240 e. The van der Waals surface area contributed by atoms with E-state index in [1.807, 2.05) is 47.5 Å². The quantitative estimate of drug-likeness (QED) is 0.554. The van der Waals surface area contributed by atoms with E-state index < -0.39 is 0 Å². The van der Waals surface area contributed by atoms with Crippen LogP contribution in [0, 0.1) is 5.92 Å². The lowest BCUT2D eigenvalue weighted by Crippen LogP contribution is -2.49. The van der Waals surface area contributed by atoms with E-state index in [2.05, 4.69) is 53.4 Å². The summed E-state index contributed by atoms with van der Waals surface area (Å²) in [5, 5.41) is 3.47. The van der Waals surface area contributed by atoms with E-state index in [0.717, 1.165) is 29.8 Å². The number of rotatable bonds is 10. The minimum atomic E-state index is -0.231. The standard InChI is InChI=1S/C24H30N4O/c1-19(2)23(26-14-13-22-15-25-18-27-22)24(29)28(16-20-9-5-3-6-10-20)17-21-11-7-4-8-12-21/h3-12,15,18-19,23,26H,13-14,16-17H2,1-2H3,(H,25,27). The fourth-order valence-corrected chi connectivity index (χ4v) is 3.41. The molecule has 1 aromatic heterocycles. The second-order valence-electron chi connectivity index (χ2n) is 7.67. The summed E-state index contributed by atoms with van der Waals surface area (Å²) < 4.78 is 0. The van der Waals surface area contributed by atoms with Gasteiger partial charge in [-0.05, 0) is 17.0 Å². The van der Waals surface area contributed by atoms with Gasteiger partial charge >= 0.3 is 0 Å². The predicted octanol–water partition coefficient (Wildman–Crippen LogP) is 3.80. The van der Waals surface area contributed by atoms with Crippen molar-refractivity contribution in [2.24, 2.45) is 5.92 Å². The monoisotopic (exact) mass is 390 g/mol. The van der Waals surface area contributed by atoms with Crippen LogP contribution in [0.4, 0.5) is 0 Å². The molecule has 0 spiro atoms. The third-order valence-electron chi connectivity index (χ3n) is 4.99. The summed E-state index contributed by atoms with van der Waals surface area (Å²) in [6.07, 6.45) is 4.32. The first-order valence-corrected chi connectivity index (χ1v) is 10.2. The first kappa shape index (κ1) is 20.8. The molecule has 0 fully saturated rings. The van der Waals surface area contributed by atoms with Crippen LogP contribution in [0.5, 0.6) is 0 Å². The molecule has 3 aromatic rings. The van der Waals surface area contributed by atoms with Crippen LogP contribution in [0.25, 0.3) is 0 Å². The van der Waals surface area contributed by atoms with Crippen LogP contribution in [-0.4, -0.2) is 33.4 Å². The Morgan fingerprint density at radius 3 is 2.07 bits per heavy atom. The zero-order valence-electron chi connectivity index (χ0n) is 17.2. The van der Waals surface area contributed by atoms with Gasteiger partial charge in [0.2, 0.25) is 5.91 Å². The summed E-state index contributed by atoms with van der Waals surface area (Å²) in [7, 11) is 0. The highest BCUT2D eigenvalue weighted by Gasteiger charge is 2.27. The van der Waals surface area contributed by atoms with Gasteiger partial charge in [0.25, 0.3) is 0 Å². The molecule has 2 aromatic carbocycles.